The third-order valence-electron chi connectivity index (χ3n) is 2.10. The van der Waals surface area contributed by atoms with Crippen molar-refractivity contribution in [2.24, 2.45) is 5.92 Å². The van der Waals surface area contributed by atoms with Crippen molar-refractivity contribution in [2.45, 2.75) is 40.0 Å². The van der Waals surface area contributed by atoms with E-state index in [0.29, 0.717) is 5.92 Å². The van der Waals surface area contributed by atoms with E-state index in [1.807, 2.05) is 13.0 Å². The zero-order valence-corrected chi connectivity index (χ0v) is 9.06. The Bertz CT molecular complexity index is 222. The molecule has 0 saturated heterocycles. The lowest BCUT2D eigenvalue weighted by Crippen LogP contribution is -1.98. The van der Waals surface area contributed by atoms with Gasteiger partial charge in [-0.2, -0.15) is 0 Å². The van der Waals surface area contributed by atoms with E-state index in [9.17, 15) is 0 Å². The molecule has 0 heterocycles. The number of hydrogen-bond acceptors (Lipinski definition) is 0. The molecule has 0 heteroatoms. The molecule has 72 valence electrons. The van der Waals surface area contributed by atoms with Crippen molar-refractivity contribution in [1.82, 2.24) is 0 Å². The summed E-state index contributed by atoms with van der Waals surface area (Å²) in [5.41, 5.74) is 1.33. The van der Waals surface area contributed by atoms with E-state index in [2.05, 4.69) is 38.3 Å². The topological polar surface area (TPSA) is 0 Å². The first-order valence-corrected chi connectivity index (χ1v) is 4.97. The zero-order chi connectivity index (χ0) is 10.1. The summed E-state index contributed by atoms with van der Waals surface area (Å²) >= 11 is 0. The van der Waals surface area contributed by atoms with Crippen LogP contribution in [0.5, 0.6) is 0 Å². The van der Waals surface area contributed by atoms with Gasteiger partial charge in [0.05, 0.1) is 0 Å². The molecule has 0 aromatic rings. The minimum atomic E-state index is 0.433. The van der Waals surface area contributed by atoms with Crippen molar-refractivity contribution in [3.63, 3.8) is 0 Å². The van der Waals surface area contributed by atoms with Gasteiger partial charge in [0.1, 0.15) is 0 Å². The molecular formula is C13H20. The van der Waals surface area contributed by atoms with Crippen molar-refractivity contribution >= 4 is 0 Å². The quantitative estimate of drug-likeness (QED) is 0.439. The fourth-order valence-electron chi connectivity index (χ4n) is 1.30. The Morgan fingerprint density at radius 2 is 2.23 bits per heavy atom. The molecule has 0 saturated carbocycles. The highest BCUT2D eigenvalue weighted by atomic mass is 14.1. The van der Waals surface area contributed by atoms with E-state index in [1.165, 1.54) is 24.8 Å². The maximum absolute atomic E-state index is 3.70. The normalized spacial score (nSPS) is 13.0. The number of hydrogen-bond donors (Lipinski definition) is 0. The fraction of sp³-hybridized carbons (Fsp3) is 0.538. The summed E-state index contributed by atoms with van der Waals surface area (Å²) in [6, 6.07) is 0. The van der Waals surface area contributed by atoms with Crippen LogP contribution >= 0.6 is 0 Å². The molecule has 0 rings (SSSR count). The lowest BCUT2D eigenvalue weighted by molar-refractivity contribution is 0.632. The largest absolute Gasteiger partial charge is 0.106 e. The molecule has 0 spiro atoms. The molecule has 0 aliphatic heterocycles. The number of allylic oxidation sites excluding steroid dienone is 3. The van der Waals surface area contributed by atoms with E-state index in [-0.39, 0.29) is 0 Å². The molecule has 0 aromatic heterocycles. The molecule has 0 amide bonds. The Balaban J connectivity index is 4.28. The first kappa shape index (κ1) is 12.0. The van der Waals surface area contributed by atoms with Gasteiger partial charge in [-0.1, -0.05) is 50.0 Å². The van der Waals surface area contributed by atoms with Gasteiger partial charge in [-0.15, -0.1) is 5.92 Å². The van der Waals surface area contributed by atoms with E-state index >= 15 is 0 Å². The molecule has 0 aliphatic carbocycles. The highest BCUT2D eigenvalue weighted by Crippen LogP contribution is 2.16. The van der Waals surface area contributed by atoms with Crippen LogP contribution in [0.15, 0.2) is 24.3 Å². The number of rotatable bonds is 5. The van der Waals surface area contributed by atoms with Crippen LogP contribution in [0.4, 0.5) is 0 Å². The molecule has 0 bridgehead atoms. The van der Waals surface area contributed by atoms with Crippen LogP contribution in [-0.2, 0) is 0 Å². The highest BCUT2D eigenvalue weighted by Gasteiger charge is 2.05. The fourth-order valence-corrected chi connectivity index (χ4v) is 1.30. The van der Waals surface area contributed by atoms with Gasteiger partial charge in [0.25, 0.3) is 0 Å². The van der Waals surface area contributed by atoms with Gasteiger partial charge in [0, 0.05) is 5.92 Å². The van der Waals surface area contributed by atoms with E-state index in [0.717, 1.165) is 0 Å². The Kier molecular flexibility index (Phi) is 7.11. The van der Waals surface area contributed by atoms with Crippen molar-refractivity contribution in [3.8, 4) is 11.8 Å². The molecule has 0 fully saturated rings. The van der Waals surface area contributed by atoms with E-state index in [4.69, 9.17) is 0 Å². The SMILES string of the molecule is C=CC=C(C)C(C#CC)CCCC. The smallest absolute Gasteiger partial charge is 0.0412 e. The predicted molar refractivity (Wildman–Crippen MR) is 60.4 cm³/mol. The molecule has 0 radical (unpaired) electrons. The average molecular weight is 176 g/mol. The lowest BCUT2D eigenvalue weighted by Gasteiger charge is -2.09. The molecule has 1 atom stereocenters. The monoisotopic (exact) mass is 176 g/mol. The summed E-state index contributed by atoms with van der Waals surface area (Å²) < 4.78 is 0. The summed E-state index contributed by atoms with van der Waals surface area (Å²) in [6.07, 6.45) is 7.56. The maximum atomic E-state index is 3.70. The Hall–Kier alpha value is -0.960. The molecule has 1 unspecified atom stereocenters. The first-order chi connectivity index (χ1) is 6.26. The second kappa shape index (κ2) is 7.68. The second-order valence-corrected chi connectivity index (χ2v) is 3.24. The van der Waals surface area contributed by atoms with Crippen LogP contribution in [0.25, 0.3) is 0 Å². The molecule has 0 aliphatic rings. The van der Waals surface area contributed by atoms with Gasteiger partial charge in [-0.3, -0.25) is 0 Å². The van der Waals surface area contributed by atoms with Gasteiger partial charge in [0.15, 0.2) is 0 Å². The van der Waals surface area contributed by atoms with Gasteiger partial charge in [-0.05, 0) is 20.3 Å². The summed E-state index contributed by atoms with van der Waals surface area (Å²) in [4.78, 5) is 0. The van der Waals surface area contributed by atoms with Crippen LogP contribution in [0.3, 0.4) is 0 Å². The minimum absolute atomic E-state index is 0.433. The van der Waals surface area contributed by atoms with Gasteiger partial charge < -0.3 is 0 Å². The molecule has 0 N–H and O–H groups in total. The summed E-state index contributed by atoms with van der Waals surface area (Å²) in [5, 5.41) is 0. The molecule has 13 heavy (non-hydrogen) atoms. The van der Waals surface area contributed by atoms with Crippen molar-refractivity contribution < 1.29 is 0 Å². The summed E-state index contributed by atoms with van der Waals surface area (Å²) in [7, 11) is 0. The highest BCUT2D eigenvalue weighted by molar-refractivity contribution is 5.20. The third kappa shape index (κ3) is 5.31. The minimum Gasteiger partial charge on any atom is -0.106 e. The van der Waals surface area contributed by atoms with Crippen LogP contribution < -0.4 is 0 Å². The zero-order valence-electron chi connectivity index (χ0n) is 9.06. The van der Waals surface area contributed by atoms with E-state index < -0.39 is 0 Å². The van der Waals surface area contributed by atoms with Crippen molar-refractivity contribution in [1.29, 1.82) is 0 Å². The predicted octanol–water partition coefficient (Wildman–Crippen LogP) is 3.95. The number of unbranched alkanes of at least 4 members (excludes halogenated alkanes) is 1. The molecular weight excluding hydrogens is 156 g/mol. The van der Waals surface area contributed by atoms with Gasteiger partial charge >= 0.3 is 0 Å². The standard InChI is InChI=1S/C13H20/c1-5-8-11-13(10-7-3)12(4)9-6-2/h6,9,13H,2,5,8,11H2,1,3-4H3. The Labute approximate surface area is 82.7 Å². The molecule has 0 nitrogen and oxygen atoms in total. The third-order valence-corrected chi connectivity index (χ3v) is 2.10. The average Bonchev–Trinajstić information content (AvgIpc) is 2.12. The van der Waals surface area contributed by atoms with Crippen LogP contribution in [0.1, 0.15) is 40.0 Å². The van der Waals surface area contributed by atoms with Crippen LogP contribution in [0.2, 0.25) is 0 Å². The van der Waals surface area contributed by atoms with Crippen LogP contribution in [0, 0.1) is 17.8 Å². The van der Waals surface area contributed by atoms with Gasteiger partial charge in [-0.25, -0.2) is 0 Å². The van der Waals surface area contributed by atoms with E-state index in [1.54, 1.807) is 0 Å². The van der Waals surface area contributed by atoms with Crippen molar-refractivity contribution in [2.75, 3.05) is 0 Å². The summed E-state index contributed by atoms with van der Waals surface area (Å²) in [6.45, 7) is 9.94. The van der Waals surface area contributed by atoms with Gasteiger partial charge in [0.2, 0.25) is 0 Å². The van der Waals surface area contributed by atoms with Crippen LogP contribution in [-0.4, -0.2) is 0 Å². The molecule has 0 aromatic carbocycles. The lowest BCUT2D eigenvalue weighted by atomic mass is 9.95. The Morgan fingerprint density at radius 1 is 1.54 bits per heavy atom. The maximum Gasteiger partial charge on any atom is 0.0412 e. The second-order valence-electron chi connectivity index (χ2n) is 3.24. The Morgan fingerprint density at radius 3 is 2.69 bits per heavy atom. The van der Waals surface area contributed by atoms with Crippen molar-refractivity contribution in [3.05, 3.63) is 24.3 Å². The summed E-state index contributed by atoms with van der Waals surface area (Å²) in [5.74, 6) is 6.66. The first-order valence-electron chi connectivity index (χ1n) is 4.97.